The van der Waals surface area contributed by atoms with Gasteiger partial charge in [0, 0.05) is 58.3 Å². The standard InChI is InChI=1S/C30H35F2N7O2.C24H23F2N5O3S.C7H16N2/c1-18(2)35-28(40)20-11-10-19(3)21(16-20)25-22-17-34-30(41)39(26-23(31)8-6-9-24(26)32)27(22)37-29(36-25)33-12-7-15-38-13-4-5-14-38;1-12(2)28-22(32)14-9-8-13(3)15(10-14)19-16-11-27-24(33)31(20-17(25)6-5-7-18(20)26)21(16)30-23(29-19)35(4)34;8-4-3-7-9-5-1-2-6-9/h6,8-11,16,18H,4-5,7,12-15,17H2,1-3H3,(H,34,41)(H,35,40)(H,33,36,37);5-10,12H,11H2,1-4H3,(H,27,33)(H,28,32);1-8H2. The summed E-state index contributed by atoms with van der Waals surface area (Å²) in [5.74, 6) is -3.99. The molecule has 1 unspecified atom stereocenters. The number of carbonyl (C=O) groups excluding carboxylic acids is 4. The van der Waals surface area contributed by atoms with Gasteiger partial charge in [0.1, 0.15) is 34.6 Å². The molecule has 2 aromatic heterocycles. The first-order valence-corrected chi connectivity index (χ1v) is 30.2. The Morgan fingerprint density at radius 3 is 1.47 bits per heavy atom. The van der Waals surface area contributed by atoms with Crippen LogP contribution in [0.2, 0.25) is 0 Å². The Kier molecular flexibility index (Phi) is 21.4. The Hall–Kier alpha value is -7.93. The van der Waals surface area contributed by atoms with Gasteiger partial charge in [-0.2, -0.15) is 4.98 Å². The maximum absolute atomic E-state index is 15.0. The minimum absolute atomic E-state index is 0.0332. The number of nitrogens with one attached hydrogen (secondary N) is 5. The predicted molar refractivity (Wildman–Crippen MR) is 322 cm³/mol. The normalized spacial score (nSPS) is 15.3. The minimum atomic E-state index is -1.68. The van der Waals surface area contributed by atoms with Crippen LogP contribution in [0, 0.1) is 37.1 Å². The second kappa shape index (κ2) is 28.8. The fourth-order valence-electron chi connectivity index (χ4n) is 10.3. The molecule has 2 fully saturated rings. The maximum atomic E-state index is 15.0. The van der Waals surface area contributed by atoms with Gasteiger partial charge in [0.05, 0.1) is 35.3 Å². The Morgan fingerprint density at radius 2 is 1.05 bits per heavy atom. The summed E-state index contributed by atoms with van der Waals surface area (Å²) in [5.41, 5.74) is 9.49. The van der Waals surface area contributed by atoms with Gasteiger partial charge >= 0.3 is 12.1 Å². The van der Waals surface area contributed by atoms with Crippen LogP contribution < -0.4 is 42.1 Å². The minimum Gasteiger partial charge on any atom is -0.354 e. The van der Waals surface area contributed by atoms with E-state index < -0.39 is 57.5 Å². The first-order chi connectivity index (χ1) is 40.7. The number of hydrogen-bond donors (Lipinski definition) is 6. The number of hydrogen-bond acceptors (Lipinski definition) is 13. The van der Waals surface area contributed by atoms with E-state index in [-0.39, 0.29) is 59.7 Å². The van der Waals surface area contributed by atoms with Gasteiger partial charge in [-0.25, -0.2) is 51.9 Å². The number of anilines is 5. The average molecular weight is 1190 g/mol. The van der Waals surface area contributed by atoms with Gasteiger partial charge < -0.3 is 42.1 Å². The second-order valence-electron chi connectivity index (χ2n) is 21.8. The lowest BCUT2D eigenvalue weighted by atomic mass is 9.97. The molecule has 452 valence electrons. The highest BCUT2D eigenvalue weighted by Gasteiger charge is 2.37. The van der Waals surface area contributed by atoms with E-state index in [9.17, 15) is 40.9 Å². The molecule has 10 rings (SSSR count). The lowest BCUT2D eigenvalue weighted by molar-refractivity contribution is 0.0934. The van der Waals surface area contributed by atoms with Crippen molar-refractivity contribution in [3.05, 3.63) is 129 Å². The molecule has 6 aromatic rings. The van der Waals surface area contributed by atoms with Crippen LogP contribution in [0.15, 0.2) is 78.0 Å². The molecule has 2 saturated heterocycles. The molecule has 0 aliphatic carbocycles. The lowest BCUT2D eigenvalue weighted by Crippen LogP contribution is -2.43. The Labute approximate surface area is 495 Å². The quantitative estimate of drug-likeness (QED) is 0.0284. The fourth-order valence-corrected chi connectivity index (χ4v) is 10.8. The van der Waals surface area contributed by atoms with Crippen LogP contribution in [0.4, 0.5) is 56.1 Å². The van der Waals surface area contributed by atoms with Crippen LogP contribution in [-0.4, -0.2) is 129 Å². The van der Waals surface area contributed by atoms with Crippen molar-refractivity contribution >= 4 is 63.6 Å². The number of halogens is 4. The first-order valence-electron chi connectivity index (χ1n) is 28.7. The summed E-state index contributed by atoms with van der Waals surface area (Å²) in [5, 5.41) is 14.2. The van der Waals surface area contributed by atoms with Gasteiger partial charge in [0.2, 0.25) is 11.1 Å². The van der Waals surface area contributed by atoms with Gasteiger partial charge in [0.15, 0.2) is 11.6 Å². The van der Waals surface area contributed by atoms with Crippen LogP contribution in [0.5, 0.6) is 0 Å². The Morgan fingerprint density at radius 1 is 0.624 bits per heavy atom. The van der Waals surface area contributed by atoms with E-state index >= 15 is 0 Å². The van der Waals surface area contributed by atoms with Crippen LogP contribution in [-0.2, 0) is 23.9 Å². The third-order valence-electron chi connectivity index (χ3n) is 14.6. The smallest absolute Gasteiger partial charge is 0.328 e. The molecule has 7 N–H and O–H groups in total. The Balaban J connectivity index is 0.000000194. The molecular weight excluding hydrogens is 1120 g/mol. The SMILES string of the molecule is Cc1ccc(C(=O)NC(C)C)cc1-c1nc(NCCCN2CCCC2)nc2c1CNC(=O)N2c1c(F)cccc1F.Cc1ccc(C(=O)NC(C)C)cc1-c1nc(S(C)=O)nc2c1CNC(=O)N2c1c(F)cccc1F.NCCCN1CCCC1. The molecule has 0 bridgehead atoms. The number of nitrogens with two attached hydrogens (primary N) is 1. The molecule has 4 aliphatic rings. The van der Waals surface area contributed by atoms with E-state index in [0.717, 1.165) is 77.8 Å². The van der Waals surface area contributed by atoms with Gasteiger partial charge in [0.25, 0.3) is 11.8 Å². The van der Waals surface area contributed by atoms with E-state index in [1.165, 1.54) is 70.1 Å². The van der Waals surface area contributed by atoms with E-state index in [0.29, 0.717) is 51.3 Å². The van der Waals surface area contributed by atoms with Crippen LogP contribution >= 0.6 is 0 Å². The number of rotatable bonds is 17. The predicted octanol–water partition coefficient (Wildman–Crippen LogP) is 9.53. The summed E-state index contributed by atoms with van der Waals surface area (Å²) >= 11 is 0. The van der Waals surface area contributed by atoms with Crippen molar-refractivity contribution in [2.45, 2.75) is 110 Å². The zero-order valence-corrected chi connectivity index (χ0v) is 49.8. The van der Waals surface area contributed by atoms with Crippen molar-refractivity contribution in [3.8, 4) is 22.5 Å². The van der Waals surface area contributed by atoms with Crippen LogP contribution in [0.3, 0.4) is 0 Å². The lowest BCUT2D eigenvalue weighted by Gasteiger charge is -2.31. The highest BCUT2D eigenvalue weighted by Crippen LogP contribution is 2.41. The van der Waals surface area contributed by atoms with Crippen molar-refractivity contribution in [1.29, 1.82) is 0 Å². The number of benzene rings is 4. The molecule has 0 spiro atoms. The molecule has 1 atom stereocenters. The molecule has 6 heterocycles. The zero-order chi connectivity index (χ0) is 61.1. The van der Waals surface area contributed by atoms with E-state index in [1.807, 2.05) is 47.6 Å². The van der Waals surface area contributed by atoms with Crippen molar-refractivity contribution in [3.63, 3.8) is 0 Å². The highest BCUT2D eigenvalue weighted by molar-refractivity contribution is 7.84. The Bertz CT molecular complexity index is 3410. The number of nitrogens with zero attached hydrogens (tertiary/aromatic N) is 8. The van der Waals surface area contributed by atoms with E-state index in [4.69, 9.17) is 10.7 Å². The van der Waals surface area contributed by atoms with Crippen molar-refractivity contribution in [2.24, 2.45) is 5.73 Å². The van der Waals surface area contributed by atoms with Gasteiger partial charge in [-0.05, 0) is 186 Å². The number of likely N-dealkylation sites (tertiary alicyclic amines) is 2. The number of para-hydroxylation sites is 2. The number of fused-ring (bicyclic) bond motifs is 2. The molecule has 4 aliphatic heterocycles. The second-order valence-corrected chi connectivity index (χ2v) is 23.0. The monoisotopic (exact) mass is 1190 g/mol. The van der Waals surface area contributed by atoms with Crippen molar-refractivity contribution in [1.82, 2.24) is 51.0 Å². The molecule has 85 heavy (non-hydrogen) atoms. The summed E-state index contributed by atoms with van der Waals surface area (Å²) in [7, 11) is -1.68. The van der Waals surface area contributed by atoms with Crippen molar-refractivity contribution < 1.29 is 40.9 Å². The fraction of sp³-hybridized carbons (Fsp3) is 0.410. The van der Waals surface area contributed by atoms with Gasteiger partial charge in [-0.15, -0.1) is 0 Å². The maximum Gasteiger partial charge on any atom is 0.328 e. The molecule has 4 aromatic carbocycles. The highest BCUT2D eigenvalue weighted by atomic mass is 32.2. The summed E-state index contributed by atoms with van der Waals surface area (Å²) < 4.78 is 71.7. The summed E-state index contributed by atoms with van der Waals surface area (Å²) in [4.78, 5) is 76.1. The van der Waals surface area contributed by atoms with Crippen molar-refractivity contribution in [2.75, 3.05) is 73.7 Å². The zero-order valence-electron chi connectivity index (χ0n) is 49.0. The summed E-state index contributed by atoms with van der Waals surface area (Å²) in [6, 6.07) is 15.4. The molecule has 19 nitrogen and oxygen atoms in total. The topological polar surface area (TPSA) is 236 Å². The molecule has 6 amide bonds. The third-order valence-corrected chi connectivity index (χ3v) is 15.2. The van der Waals surface area contributed by atoms with Crippen LogP contribution in [0.25, 0.3) is 22.5 Å². The van der Waals surface area contributed by atoms with Gasteiger partial charge in [-0.1, -0.05) is 24.3 Å². The summed E-state index contributed by atoms with van der Waals surface area (Å²) in [6.07, 6.45) is 8.59. The van der Waals surface area contributed by atoms with E-state index in [1.54, 1.807) is 30.3 Å². The third kappa shape index (κ3) is 15.3. The first kappa shape index (κ1) is 63.1. The number of aromatic nitrogens is 4. The average Bonchev–Trinajstić information content (AvgIpc) is 1.30. The number of carbonyl (C=O) groups is 4. The molecule has 0 radical (unpaired) electrons. The number of aryl methyl sites for hydroxylation is 2. The van der Waals surface area contributed by atoms with Crippen LogP contribution in [0.1, 0.15) is 109 Å². The number of amides is 6. The molecular formula is C61H74F4N14O5S. The number of urea groups is 2. The van der Waals surface area contributed by atoms with Gasteiger partial charge in [-0.3, -0.25) is 13.8 Å². The summed E-state index contributed by atoms with van der Waals surface area (Å²) in [6.45, 7) is 19.6. The van der Waals surface area contributed by atoms with E-state index in [2.05, 4.69) is 51.3 Å². The molecule has 0 saturated carbocycles. The molecule has 24 heteroatoms. The largest absolute Gasteiger partial charge is 0.354 e.